The minimum Gasteiger partial charge on any atom is -0.504 e. The van der Waals surface area contributed by atoms with E-state index in [9.17, 15) is 0 Å². The van der Waals surface area contributed by atoms with E-state index in [-0.39, 0.29) is 0 Å². The number of aliphatic hydroxyl groups is 1. The van der Waals surface area contributed by atoms with Gasteiger partial charge in [-0.05, 0) is 24.3 Å². The molecule has 0 aromatic carbocycles. The summed E-state index contributed by atoms with van der Waals surface area (Å²) < 4.78 is 0. The van der Waals surface area contributed by atoms with Gasteiger partial charge in [0.2, 0.25) is 0 Å². The highest BCUT2D eigenvalue weighted by Gasteiger charge is 2.14. The number of hydrogen-bond donors (Lipinski definition) is 1. The average molecular weight is 155 g/mol. The topological polar surface area (TPSA) is 20.2 Å². The van der Waals surface area contributed by atoms with Crippen LogP contribution in [-0.2, 0) is 0 Å². The number of rotatable bonds is 5. The molecule has 0 heterocycles. The standard InChI is InChI=1S/C10H19O/c1-4-5-7-10(2,3)8-6-9-11/h6,11H,4-5,7-8H2,1-3H3. The van der Waals surface area contributed by atoms with Gasteiger partial charge in [-0.3, -0.25) is 0 Å². The highest BCUT2D eigenvalue weighted by atomic mass is 16.2. The Morgan fingerprint density at radius 1 is 1.45 bits per heavy atom. The summed E-state index contributed by atoms with van der Waals surface area (Å²) in [6, 6.07) is 0. The maximum absolute atomic E-state index is 8.35. The van der Waals surface area contributed by atoms with Crippen molar-refractivity contribution >= 4 is 0 Å². The van der Waals surface area contributed by atoms with Crippen LogP contribution in [0.2, 0.25) is 0 Å². The van der Waals surface area contributed by atoms with Crippen LogP contribution in [0.4, 0.5) is 0 Å². The Morgan fingerprint density at radius 3 is 2.55 bits per heavy atom. The molecule has 1 nitrogen and oxygen atoms in total. The summed E-state index contributed by atoms with van der Waals surface area (Å²) in [7, 11) is 0. The third-order valence-electron chi connectivity index (χ3n) is 1.95. The molecule has 1 heteroatoms. The molecule has 0 aliphatic rings. The van der Waals surface area contributed by atoms with Crippen LogP contribution < -0.4 is 0 Å². The molecule has 0 aromatic heterocycles. The summed E-state index contributed by atoms with van der Waals surface area (Å²) >= 11 is 0. The van der Waals surface area contributed by atoms with E-state index in [0.717, 1.165) is 6.42 Å². The van der Waals surface area contributed by atoms with Gasteiger partial charge in [0.15, 0.2) is 6.26 Å². The maximum atomic E-state index is 8.35. The lowest BCUT2D eigenvalue weighted by atomic mass is 9.84. The molecule has 0 atom stereocenters. The van der Waals surface area contributed by atoms with Gasteiger partial charge in [-0.2, -0.15) is 0 Å². The Morgan fingerprint density at radius 2 is 2.09 bits per heavy atom. The molecule has 1 N–H and O–H groups in total. The van der Waals surface area contributed by atoms with E-state index in [1.165, 1.54) is 19.3 Å². The zero-order chi connectivity index (χ0) is 8.74. The van der Waals surface area contributed by atoms with E-state index >= 15 is 0 Å². The van der Waals surface area contributed by atoms with Gasteiger partial charge in [-0.15, -0.1) is 0 Å². The fourth-order valence-electron chi connectivity index (χ4n) is 1.08. The second-order valence-corrected chi connectivity index (χ2v) is 3.81. The first-order valence-corrected chi connectivity index (χ1v) is 4.33. The molecular formula is C10H19O. The summed E-state index contributed by atoms with van der Waals surface area (Å²) in [5, 5.41) is 8.35. The molecule has 0 fully saturated rings. The summed E-state index contributed by atoms with van der Waals surface area (Å²) in [4.78, 5) is 0. The Bertz CT molecular complexity index is 114. The van der Waals surface area contributed by atoms with Gasteiger partial charge in [-0.25, -0.2) is 0 Å². The van der Waals surface area contributed by atoms with Crippen LogP contribution in [0, 0.1) is 11.7 Å². The molecule has 0 unspecified atom stereocenters. The zero-order valence-electron chi connectivity index (χ0n) is 7.85. The van der Waals surface area contributed by atoms with Crippen LogP contribution in [0.3, 0.4) is 0 Å². The summed E-state index contributed by atoms with van der Waals surface area (Å²) in [5.74, 6) is 0. The van der Waals surface area contributed by atoms with E-state index in [1.807, 2.05) is 0 Å². The normalized spacial score (nSPS) is 12.6. The van der Waals surface area contributed by atoms with Crippen molar-refractivity contribution in [3.05, 3.63) is 12.3 Å². The van der Waals surface area contributed by atoms with Crippen LogP contribution in [0.5, 0.6) is 0 Å². The smallest absolute Gasteiger partial charge is 0.152 e. The second-order valence-electron chi connectivity index (χ2n) is 3.81. The van der Waals surface area contributed by atoms with Crippen LogP contribution in [-0.4, -0.2) is 5.11 Å². The number of hydrogen-bond acceptors (Lipinski definition) is 1. The first-order chi connectivity index (χ1) is 5.12. The van der Waals surface area contributed by atoms with Crippen molar-refractivity contribution in [2.24, 2.45) is 5.41 Å². The maximum Gasteiger partial charge on any atom is 0.152 e. The first-order valence-electron chi connectivity index (χ1n) is 4.33. The van der Waals surface area contributed by atoms with Crippen molar-refractivity contribution in [1.29, 1.82) is 0 Å². The van der Waals surface area contributed by atoms with E-state index in [4.69, 9.17) is 5.11 Å². The van der Waals surface area contributed by atoms with Gasteiger partial charge in [0.05, 0.1) is 0 Å². The predicted octanol–water partition coefficient (Wildman–Crippen LogP) is 3.47. The SMILES string of the molecule is CCCCC(C)(C)C/C=[C]/O. The Kier molecular flexibility index (Phi) is 5.01. The van der Waals surface area contributed by atoms with Gasteiger partial charge in [0.1, 0.15) is 0 Å². The van der Waals surface area contributed by atoms with Crippen molar-refractivity contribution < 1.29 is 5.11 Å². The molecule has 0 saturated carbocycles. The van der Waals surface area contributed by atoms with E-state index in [0.29, 0.717) is 5.41 Å². The molecule has 0 amide bonds. The van der Waals surface area contributed by atoms with E-state index < -0.39 is 0 Å². The fourth-order valence-corrected chi connectivity index (χ4v) is 1.08. The molecule has 1 radical (unpaired) electrons. The zero-order valence-corrected chi connectivity index (χ0v) is 7.85. The first kappa shape index (κ1) is 10.5. The third-order valence-corrected chi connectivity index (χ3v) is 1.95. The molecular weight excluding hydrogens is 136 g/mol. The van der Waals surface area contributed by atoms with Gasteiger partial charge in [0.25, 0.3) is 0 Å². The highest BCUT2D eigenvalue weighted by Crippen LogP contribution is 2.27. The van der Waals surface area contributed by atoms with Crippen molar-refractivity contribution in [2.75, 3.05) is 0 Å². The molecule has 11 heavy (non-hydrogen) atoms. The molecule has 0 spiro atoms. The summed E-state index contributed by atoms with van der Waals surface area (Å²) in [6.07, 6.45) is 8.44. The van der Waals surface area contributed by atoms with Crippen LogP contribution >= 0.6 is 0 Å². The molecule has 0 rings (SSSR count). The minimum absolute atomic E-state index is 0.325. The molecule has 0 aliphatic heterocycles. The molecule has 0 saturated heterocycles. The molecule has 65 valence electrons. The van der Waals surface area contributed by atoms with E-state index in [1.54, 1.807) is 6.08 Å². The second kappa shape index (κ2) is 5.22. The number of aliphatic hydroxyl groups excluding tert-OH is 1. The summed E-state index contributed by atoms with van der Waals surface area (Å²) in [5.41, 5.74) is 0.325. The van der Waals surface area contributed by atoms with Crippen LogP contribution in [0.25, 0.3) is 0 Å². The molecule has 0 bridgehead atoms. The Labute approximate surface area is 70.1 Å². The van der Waals surface area contributed by atoms with Crippen molar-refractivity contribution in [3.8, 4) is 0 Å². The van der Waals surface area contributed by atoms with Crippen LogP contribution in [0.15, 0.2) is 6.08 Å². The monoisotopic (exact) mass is 155 g/mol. The van der Waals surface area contributed by atoms with E-state index in [2.05, 4.69) is 27.0 Å². The van der Waals surface area contributed by atoms with Gasteiger partial charge < -0.3 is 5.11 Å². The Hall–Kier alpha value is -0.460. The fraction of sp³-hybridized carbons (Fsp3) is 0.800. The average Bonchev–Trinajstić information content (AvgIpc) is 1.97. The quantitative estimate of drug-likeness (QED) is 0.603. The van der Waals surface area contributed by atoms with Crippen molar-refractivity contribution in [2.45, 2.75) is 46.5 Å². The Balaban J connectivity index is 3.60. The lowest BCUT2D eigenvalue weighted by Gasteiger charge is -2.21. The predicted molar refractivity (Wildman–Crippen MR) is 48.4 cm³/mol. The lowest BCUT2D eigenvalue weighted by Crippen LogP contribution is -2.09. The third kappa shape index (κ3) is 5.96. The van der Waals surface area contributed by atoms with Crippen molar-refractivity contribution in [1.82, 2.24) is 0 Å². The van der Waals surface area contributed by atoms with Gasteiger partial charge in [-0.1, -0.05) is 33.6 Å². The minimum atomic E-state index is 0.325. The van der Waals surface area contributed by atoms with Crippen LogP contribution in [0.1, 0.15) is 46.5 Å². The lowest BCUT2D eigenvalue weighted by molar-refractivity contribution is 0.322. The molecule has 0 aliphatic carbocycles. The van der Waals surface area contributed by atoms with Crippen molar-refractivity contribution in [3.63, 3.8) is 0 Å². The highest BCUT2D eigenvalue weighted by molar-refractivity contribution is 4.78. The number of unbranched alkanes of at least 4 members (excludes halogenated alkanes) is 1. The summed E-state index contributed by atoms with van der Waals surface area (Å²) in [6.45, 7) is 6.64. The molecule has 0 aromatic rings. The van der Waals surface area contributed by atoms with Gasteiger partial charge in [0, 0.05) is 0 Å². The number of allylic oxidation sites excluding steroid dienone is 1. The van der Waals surface area contributed by atoms with Gasteiger partial charge >= 0.3 is 0 Å². The largest absolute Gasteiger partial charge is 0.504 e.